The van der Waals surface area contributed by atoms with Crippen LogP contribution in [0.1, 0.15) is 28.1 Å². The molecular formula is C11H10BrClO2S. The summed E-state index contributed by atoms with van der Waals surface area (Å²) >= 11 is 10.7. The molecule has 2 nitrogen and oxygen atoms in total. The van der Waals surface area contributed by atoms with Crippen molar-refractivity contribution >= 4 is 38.9 Å². The summed E-state index contributed by atoms with van der Waals surface area (Å²) in [7, 11) is 0. The molecule has 0 aromatic carbocycles. The zero-order chi connectivity index (χ0) is 11.9. The molecule has 0 saturated heterocycles. The molecule has 0 bridgehead atoms. The van der Waals surface area contributed by atoms with Crippen molar-refractivity contribution in [3.8, 4) is 0 Å². The van der Waals surface area contributed by atoms with Crippen molar-refractivity contribution in [1.82, 2.24) is 0 Å². The number of furan rings is 1. The highest BCUT2D eigenvalue weighted by atomic mass is 79.9. The molecule has 1 unspecified atom stereocenters. The minimum absolute atomic E-state index is 0.622. The van der Waals surface area contributed by atoms with Crippen molar-refractivity contribution in [3.63, 3.8) is 0 Å². The van der Waals surface area contributed by atoms with Gasteiger partial charge in [0.2, 0.25) is 0 Å². The van der Waals surface area contributed by atoms with Crippen LogP contribution in [-0.2, 0) is 0 Å². The second-order valence-electron chi connectivity index (χ2n) is 3.54. The van der Waals surface area contributed by atoms with Gasteiger partial charge in [0.05, 0.1) is 8.81 Å². The second-order valence-corrected chi connectivity index (χ2v) is 6.35. The Bertz CT molecular complexity index is 499. The molecule has 0 aliphatic rings. The van der Waals surface area contributed by atoms with Crippen LogP contribution in [0, 0.1) is 13.8 Å². The highest BCUT2D eigenvalue weighted by Gasteiger charge is 2.19. The first-order chi connectivity index (χ1) is 7.49. The molecule has 1 atom stereocenters. The third-order valence-electron chi connectivity index (χ3n) is 2.31. The van der Waals surface area contributed by atoms with Gasteiger partial charge in [-0.15, -0.1) is 11.3 Å². The highest BCUT2D eigenvalue weighted by Crippen LogP contribution is 2.38. The summed E-state index contributed by atoms with van der Waals surface area (Å²) in [4.78, 5) is 0.806. The summed E-state index contributed by atoms with van der Waals surface area (Å²) in [6.07, 6.45) is -0.675. The molecule has 2 heterocycles. The van der Waals surface area contributed by atoms with Crippen LogP contribution in [0.3, 0.4) is 0 Å². The number of aliphatic hydroxyl groups is 1. The molecule has 16 heavy (non-hydrogen) atoms. The van der Waals surface area contributed by atoms with Gasteiger partial charge in [0.15, 0.2) is 0 Å². The zero-order valence-electron chi connectivity index (χ0n) is 8.75. The van der Waals surface area contributed by atoms with E-state index in [-0.39, 0.29) is 0 Å². The highest BCUT2D eigenvalue weighted by molar-refractivity contribution is 9.11. The largest absolute Gasteiger partial charge is 0.466 e. The molecule has 2 aromatic rings. The molecule has 0 saturated carbocycles. The van der Waals surface area contributed by atoms with E-state index in [2.05, 4.69) is 15.9 Å². The molecule has 0 amide bonds. The summed E-state index contributed by atoms with van der Waals surface area (Å²) in [5.74, 6) is 1.54. The van der Waals surface area contributed by atoms with Gasteiger partial charge in [-0.25, -0.2) is 0 Å². The third kappa shape index (κ3) is 2.20. The topological polar surface area (TPSA) is 33.4 Å². The molecule has 86 valence electrons. The average Bonchev–Trinajstić information content (AvgIpc) is 2.70. The van der Waals surface area contributed by atoms with E-state index in [1.807, 2.05) is 19.9 Å². The number of aliphatic hydroxyl groups excluding tert-OH is 1. The van der Waals surface area contributed by atoms with Gasteiger partial charge in [0.1, 0.15) is 17.6 Å². The normalized spacial score (nSPS) is 13.1. The first-order valence-electron chi connectivity index (χ1n) is 4.68. The van der Waals surface area contributed by atoms with Crippen LogP contribution < -0.4 is 0 Å². The number of aryl methyl sites for hydroxylation is 2. The summed E-state index contributed by atoms with van der Waals surface area (Å²) in [6.45, 7) is 3.70. The molecule has 0 radical (unpaired) electrons. The molecule has 0 spiro atoms. The fourth-order valence-corrected chi connectivity index (χ4v) is 3.33. The Hall–Kier alpha value is -0.290. The predicted molar refractivity (Wildman–Crippen MR) is 69.3 cm³/mol. The molecule has 2 aromatic heterocycles. The van der Waals surface area contributed by atoms with E-state index in [0.717, 1.165) is 25.7 Å². The van der Waals surface area contributed by atoms with Gasteiger partial charge < -0.3 is 9.52 Å². The molecule has 0 aliphatic heterocycles. The third-order valence-corrected chi connectivity index (χ3v) is 4.83. The van der Waals surface area contributed by atoms with E-state index in [0.29, 0.717) is 5.02 Å². The number of rotatable bonds is 2. The van der Waals surface area contributed by atoms with E-state index in [9.17, 15) is 5.11 Å². The van der Waals surface area contributed by atoms with Crippen molar-refractivity contribution in [2.24, 2.45) is 0 Å². The van der Waals surface area contributed by atoms with Crippen molar-refractivity contribution < 1.29 is 9.52 Å². The fraction of sp³-hybridized carbons (Fsp3) is 0.273. The van der Waals surface area contributed by atoms with Gasteiger partial charge in [0.25, 0.3) is 0 Å². The van der Waals surface area contributed by atoms with Crippen LogP contribution >= 0.6 is 38.9 Å². The van der Waals surface area contributed by atoms with Crippen LogP contribution in [0.25, 0.3) is 0 Å². The van der Waals surface area contributed by atoms with Crippen LogP contribution in [0.15, 0.2) is 20.3 Å². The van der Waals surface area contributed by atoms with Crippen molar-refractivity contribution in [2.45, 2.75) is 20.0 Å². The summed E-state index contributed by atoms with van der Waals surface area (Å²) in [5.41, 5.74) is 0.794. The molecule has 2 rings (SSSR count). The summed E-state index contributed by atoms with van der Waals surface area (Å²) in [5, 5.41) is 10.8. The molecule has 0 aliphatic carbocycles. The lowest BCUT2D eigenvalue weighted by atomic mass is 10.1. The Kier molecular flexibility index (Phi) is 3.45. The van der Waals surface area contributed by atoms with Crippen molar-refractivity contribution in [2.75, 3.05) is 0 Å². The number of hydrogen-bond acceptors (Lipinski definition) is 3. The van der Waals surface area contributed by atoms with Crippen LogP contribution in [0.5, 0.6) is 0 Å². The summed E-state index contributed by atoms with van der Waals surface area (Å²) in [6, 6.07) is 3.62. The van der Waals surface area contributed by atoms with E-state index in [4.69, 9.17) is 16.0 Å². The summed E-state index contributed by atoms with van der Waals surface area (Å²) < 4.78 is 6.23. The molecule has 5 heteroatoms. The first-order valence-corrected chi connectivity index (χ1v) is 6.67. The maximum Gasteiger partial charge on any atom is 0.117 e. The fourth-order valence-electron chi connectivity index (χ4n) is 1.57. The van der Waals surface area contributed by atoms with E-state index in [1.165, 1.54) is 11.3 Å². The van der Waals surface area contributed by atoms with E-state index in [1.54, 1.807) is 6.07 Å². The van der Waals surface area contributed by atoms with E-state index < -0.39 is 6.10 Å². The quantitative estimate of drug-likeness (QED) is 0.886. The monoisotopic (exact) mass is 320 g/mol. The number of thiophene rings is 1. The number of halogens is 2. The second kappa shape index (κ2) is 4.53. The van der Waals surface area contributed by atoms with Gasteiger partial charge >= 0.3 is 0 Å². The zero-order valence-corrected chi connectivity index (χ0v) is 11.9. The maximum absolute atomic E-state index is 10.2. The van der Waals surface area contributed by atoms with Gasteiger partial charge in [-0.1, -0.05) is 11.6 Å². The lowest BCUT2D eigenvalue weighted by Crippen LogP contribution is -1.96. The Morgan fingerprint density at radius 1 is 1.44 bits per heavy atom. The van der Waals surface area contributed by atoms with E-state index >= 15 is 0 Å². The molecule has 0 fully saturated rings. The number of hydrogen-bond donors (Lipinski definition) is 1. The van der Waals surface area contributed by atoms with Crippen LogP contribution in [0.4, 0.5) is 0 Å². The SMILES string of the molecule is Cc1cc(C(O)c2cc(Cl)c(Br)s2)c(C)o1. The Morgan fingerprint density at radius 3 is 2.56 bits per heavy atom. The van der Waals surface area contributed by atoms with Gasteiger partial charge in [0, 0.05) is 10.4 Å². The van der Waals surface area contributed by atoms with Gasteiger partial charge in [-0.3, -0.25) is 0 Å². The maximum atomic E-state index is 10.2. The van der Waals surface area contributed by atoms with Gasteiger partial charge in [-0.2, -0.15) is 0 Å². The smallest absolute Gasteiger partial charge is 0.117 e. The standard InChI is InChI=1S/C11H10BrClO2S/c1-5-3-7(6(2)15-5)10(14)9-4-8(13)11(12)16-9/h3-4,10,14H,1-2H3. The lowest BCUT2D eigenvalue weighted by Gasteiger charge is -2.06. The molecular weight excluding hydrogens is 312 g/mol. The van der Waals surface area contributed by atoms with Crippen LogP contribution in [0.2, 0.25) is 5.02 Å². The first kappa shape index (κ1) is 12.2. The minimum atomic E-state index is -0.675. The Balaban J connectivity index is 2.38. The Morgan fingerprint density at radius 2 is 2.12 bits per heavy atom. The van der Waals surface area contributed by atoms with Crippen LogP contribution in [-0.4, -0.2) is 5.11 Å². The lowest BCUT2D eigenvalue weighted by molar-refractivity contribution is 0.222. The van der Waals surface area contributed by atoms with Gasteiger partial charge in [-0.05, 0) is 41.9 Å². The van der Waals surface area contributed by atoms with Crippen molar-refractivity contribution in [1.29, 1.82) is 0 Å². The Labute approximate surface area is 111 Å². The predicted octanol–water partition coefficient (Wildman–Crippen LogP) is 4.46. The minimum Gasteiger partial charge on any atom is -0.466 e. The van der Waals surface area contributed by atoms with Crippen molar-refractivity contribution in [3.05, 3.63) is 42.9 Å². The average molecular weight is 322 g/mol. The molecule has 1 N–H and O–H groups in total.